The van der Waals surface area contributed by atoms with Crippen molar-refractivity contribution in [3.63, 3.8) is 0 Å². The molecule has 6 nitrogen and oxygen atoms in total. The van der Waals surface area contributed by atoms with Gasteiger partial charge in [0, 0.05) is 0 Å². The number of carbonyl (C=O) groups excluding carboxylic acids is 1. The van der Waals surface area contributed by atoms with Crippen LogP contribution in [0.4, 0.5) is 4.79 Å². The molecule has 0 aliphatic heterocycles. The summed E-state index contributed by atoms with van der Waals surface area (Å²) in [6, 6.07) is 19.6. The number of benzene rings is 2. The molecule has 126 valence electrons. The van der Waals surface area contributed by atoms with Crippen LogP contribution in [0.3, 0.4) is 0 Å². The van der Waals surface area contributed by atoms with Gasteiger partial charge < -0.3 is 15.2 Å². The van der Waals surface area contributed by atoms with Crippen LogP contribution in [0.15, 0.2) is 72.1 Å². The number of nitrogens with two attached hydrogens (primary N) is 1. The monoisotopic (exact) mass is 353 g/mol. The van der Waals surface area contributed by atoms with E-state index in [1.807, 2.05) is 36.4 Å². The van der Waals surface area contributed by atoms with Crippen LogP contribution in [-0.4, -0.2) is 11.1 Å². The lowest BCUT2D eigenvalue weighted by Gasteiger charge is -2.10. The summed E-state index contributed by atoms with van der Waals surface area (Å²) in [6.45, 7) is 0.176. The molecule has 2 aromatic rings. The van der Waals surface area contributed by atoms with Crippen molar-refractivity contribution in [2.24, 2.45) is 5.73 Å². The minimum Gasteiger partial charge on any atom is -0.473 e. The molecule has 0 heterocycles. The van der Waals surface area contributed by atoms with Gasteiger partial charge in [0.1, 0.15) is 29.0 Å². The molecule has 7 heteroatoms. The first-order valence-corrected chi connectivity index (χ1v) is 7.65. The normalized spacial score (nSPS) is 10.8. The number of rotatable bonds is 5. The quantitative estimate of drug-likeness (QED) is 0.371. The molecule has 0 bridgehead atoms. The highest BCUT2D eigenvalue weighted by molar-refractivity contribution is 7.80. The van der Waals surface area contributed by atoms with Gasteiger partial charge in [-0.15, -0.1) is 0 Å². The van der Waals surface area contributed by atoms with Gasteiger partial charge >= 0.3 is 6.09 Å². The SMILES string of the molecule is N#CC(C(=S)NC(=O)Oc1ccccc1)=C(N)OCc1ccccc1. The maximum atomic E-state index is 11.8. The Bertz CT molecular complexity index is 814. The van der Waals surface area contributed by atoms with Crippen LogP contribution in [0.1, 0.15) is 5.56 Å². The van der Waals surface area contributed by atoms with E-state index in [9.17, 15) is 10.1 Å². The number of carbonyl (C=O) groups is 1. The second-order valence-corrected chi connectivity index (χ2v) is 5.19. The summed E-state index contributed by atoms with van der Waals surface area (Å²) >= 11 is 5.02. The third-order valence-electron chi connectivity index (χ3n) is 2.99. The lowest BCUT2D eigenvalue weighted by Crippen LogP contribution is -2.33. The van der Waals surface area contributed by atoms with Crippen LogP contribution >= 0.6 is 12.2 Å². The fraction of sp³-hybridized carbons (Fsp3) is 0.0556. The van der Waals surface area contributed by atoms with Crippen LogP contribution < -0.4 is 15.8 Å². The number of nitrogens with zero attached hydrogens (tertiary/aromatic N) is 1. The van der Waals surface area contributed by atoms with Gasteiger partial charge in [0.25, 0.3) is 0 Å². The highest BCUT2D eigenvalue weighted by Crippen LogP contribution is 2.10. The lowest BCUT2D eigenvalue weighted by atomic mass is 10.2. The summed E-state index contributed by atoms with van der Waals surface area (Å²) in [5.41, 5.74) is 6.50. The minimum atomic E-state index is -0.820. The zero-order valence-electron chi connectivity index (χ0n) is 13.1. The van der Waals surface area contributed by atoms with Crippen LogP contribution in [-0.2, 0) is 11.3 Å². The Labute approximate surface area is 150 Å². The molecule has 2 aromatic carbocycles. The molecule has 0 aliphatic carbocycles. The van der Waals surface area contributed by atoms with Crippen molar-refractivity contribution in [2.75, 3.05) is 0 Å². The molecular weight excluding hydrogens is 338 g/mol. The summed E-state index contributed by atoms with van der Waals surface area (Å²) in [7, 11) is 0. The largest absolute Gasteiger partial charge is 0.473 e. The number of hydrogen-bond donors (Lipinski definition) is 2. The highest BCUT2D eigenvalue weighted by atomic mass is 32.1. The van der Waals surface area contributed by atoms with E-state index in [0.717, 1.165) is 5.56 Å². The third kappa shape index (κ3) is 5.64. The lowest BCUT2D eigenvalue weighted by molar-refractivity contribution is 0.194. The van der Waals surface area contributed by atoms with Gasteiger partial charge in [0.05, 0.1) is 0 Å². The van der Waals surface area contributed by atoms with Crippen LogP contribution in [0.5, 0.6) is 5.75 Å². The summed E-state index contributed by atoms with van der Waals surface area (Å²) in [5, 5.41) is 11.5. The average Bonchev–Trinajstić information content (AvgIpc) is 2.62. The van der Waals surface area contributed by atoms with E-state index in [2.05, 4.69) is 5.32 Å². The number of nitrogens with one attached hydrogen (secondary N) is 1. The Morgan fingerprint density at radius 3 is 2.32 bits per heavy atom. The molecule has 0 atom stereocenters. The van der Waals surface area contributed by atoms with Crippen molar-refractivity contribution in [2.45, 2.75) is 6.61 Å². The summed E-state index contributed by atoms with van der Waals surface area (Å²) in [6.07, 6.45) is -0.820. The van der Waals surface area contributed by atoms with Crippen molar-refractivity contribution in [3.8, 4) is 11.8 Å². The van der Waals surface area contributed by atoms with Crippen molar-refractivity contribution in [1.82, 2.24) is 5.32 Å². The number of ether oxygens (including phenoxy) is 2. The Morgan fingerprint density at radius 2 is 1.72 bits per heavy atom. The van der Waals surface area contributed by atoms with E-state index in [-0.39, 0.29) is 23.1 Å². The molecule has 0 spiro atoms. The maximum absolute atomic E-state index is 11.8. The Hall–Kier alpha value is -3.37. The van der Waals surface area contributed by atoms with Crippen LogP contribution in [0, 0.1) is 11.3 Å². The topological polar surface area (TPSA) is 97.4 Å². The number of thiocarbonyl (C=S) groups is 1. The molecule has 0 aliphatic rings. The van der Waals surface area contributed by atoms with Crippen molar-refractivity contribution < 1.29 is 14.3 Å². The molecule has 1 amide bonds. The van der Waals surface area contributed by atoms with Crippen LogP contribution in [0.25, 0.3) is 0 Å². The van der Waals surface area contributed by atoms with E-state index < -0.39 is 6.09 Å². The predicted molar refractivity (Wildman–Crippen MR) is 96.3 cm³/mol. The molecule has 0 saturated heterocycles. The molecule has 0 aromatic heterocycles. The Morgan fingerprint density at radius 1 is 1.12 bits per heavy atom. The molecule has 3 N–H and O–H groups in total. The minimum absolute atomic E-state index is 0.143. The van der Waals surface area contributed by atoms with E-state index in [1.165, 1.54) is 0 Å². The predicted octanol–water partition coefficient (Wildman–Crippen LogP) is 3.01. The zero-order valence-corrected chi connectivity index (χ0v) is 14.0. The van der Waals surface area contributed by atoms with Gasteiger partial charge in [-0.05, 0) is 17.7 Å². The fourth-order valence-corrected chi connectivity index (χ4v) is 2.03. The number of amides is 1. The van der Waals surface area contributed by atoms with E-state index in [4.69, 9.17) is 27.4 Å². The average molecular weight is 353 g/mol. The van der Waals surface area contributed by atoms with Crippen molar-refractivity contribution >= 4 is 23.3 Å². The highest BCUT2D eigenvalue weighted by Gasteiger charge is 2.15. The fourth-order valence-electron chi connectivity index (χ4n) is 1.80. The van der Waals surface area contributed by atoms with Crippen LogP contribution in [0.2, 0.25) is 0 Å². The Kier molecular flexibility index (Phi) is 6.51. The molecule has 0 fully saturated rings. The van der Waals surface area contributed by atoms with Gasteiger partial charge in [0.15, 0.2) is 0 Å². The van der Waals surface area contributed by atoms with Crippen molar-refractivity contribution in [3.05, 3.63) is 77.7 Å². The van der Waals surface area contributed by atoms with E-state index >= 15 is 0 Å². The maximum Gasteiger partial charge on any atom is 0.417 e. The van der Waals surface area contributed by atoms with Crippen molar-refractivity contribution in [1.29, 1.82) is 5.26 Å². The standard InChI is InChI=1S/C18H15N3O3S/c19-11-15(16(20)23-12-13-7-3-1-4-8-13)17(25)21-18(22)24-14-9-5-2-6-10-14/h1-10H,12,20H2,(H,21,22,25). The number of hydrogen-bond acceptors (Lipinski definition) is 6. The second-order valence-electron chi connectivity index (χ2n) is 4.78. The third-order valence-corrected chi connectivity index (χ3v) is 3.30. The number of nitriles is 1. The van der Waals surface area contributed by atoms with Gasteiger partial charge in [-0.1, -0.05) is 60.7 Å². The Balaban J connectivity index is 1.97. The summed E-state index contributed by atoms with van der Waals surface area (Å²) < 4.78 is 10.4. The second kappa shape index (κ2) is 9.05. The molecule has 0 unspecified atom stereocenters. The first-order valence-electron chi connectivity index (χ1n) is 7.25. The van der Waals surface area contributed by atoms with Gasteiger partial charge in [-0.3, -0.25) is 5.32 Å². The summed E-state index contributed by atoms with van der Waals surface area (Å²) in [4.78, 5) is 11.6. The smallest absolute Gasteiger partial charge is 0.417 e. The first-order chi connectivity index (χ1) is 12.1. The molecule has 2 rings (SSSR count). The summed E-state index contributed by atoms with van der Waals surface area (Å²) in [5.74, 6) is 0.176. The first kappa shape index (κ1) is 18.0. The number of para-hydroxylation sites is 1. The van der Waals surface area contributed by atoms with E-state index in [1.54, 1.807) is 30.3 Å². The van der Waals surface area contributed by atoms with Gasteiger partial charge in [-0.2, -0.15) is 5.26 Å². The van der Waals surface area contributed by atoms with Gasteiger partial charge in [0.2, 0.25) is 5.88 Å². The zero-order chi connectivity index (χ0) is 18.1. The molecular formula is C18H15N3O3S. The molecule has 0 radical (unpaired) electrons. The molecule has 0 saturated carbocycles. The molecule has 25 heavy (non-hydrogen) atoms. The van der Waals surface area contributed by atoms with E-state index in [0.29, 0.717) is 5.75 Å². The van der Waals surface area contributed by atoms with Gasteiger partial charge in [-0.25, -0.2) is 4.79 Å².